The Labute approximate surface area is 155 Å². The first-order chi connectivity index (χ1) is 12.4. The summed E-state index contributed by atoms with van der Waals surface area (Å²) in [6.45, 7) is 2.32. The van der Waals surface area contributed by atoms with E-state index < -0.39 is 16.8 Å². The van der Waals surface area contributed by atoms with Crippen LogP contribution in [-0.2, 0) is 4.74 Å². The number of nitrogens with zero attached hydrogens (tertiary/aromatic N) is 1. The van der Waals surface area contributed by atoms with Crippen LogP contribution in [0.2, 0.25) is 5.02 Å². The second-order valence-corrected chi connectivity index (χ2v) is 5.85. The molecule has 2 aromatic carbocycles. The Hall–Kier alpha value is -2.93. The summed E-state index contributed by atoms with van der Waals surface area (Å²) in [5.41, 5.74) is 0.406. The summed E-state index contributed by atoms with van der Waals surface area (Å²) in [6.07, 6.45) is 1.69. The Morgan fingerprint density at radius 1 is 1.19 bits per heavy atom. The Bertz CT molecular complexity index is 838. The molecule has 1 amide bonds. The lowest BCUT2D eigenvalue weighted by Crippen LogP contribution is -2.13. The first-order valence-electron chi connectivity index (χ1n) is 7.95. The van der Waals surface area contributed by atoms with Gasteiger partial charge >= 0.3 is 5.97 Å². The molecule has 0 aliphatic carbocycles. The zero-order valence-corrected chi connectivity index (χ0v) is 14.8. The van der Waals surface area contributed by atoms with Crippen molar-refractivity contribution in [2.45, 2.75) is 19.8 Å². The maximum Gasteiger partial charge on any atom is 0.338 e. The van der Waals surface area contributed by atoms with Crippen LogP contribution in [0.25, 0.3) is 0 Å². The van der Waals surface area contributed by atoms with Crippen molar-refractivity contribution >= 4 is 34.9 Å². The number of halogens is 1. The molecular weight excluding hydrogens is 360 g/mol. The lowest BCUT2D eigenvalue weighted by Gasteiger charge is -2.08. The summed E-state index contributed by atoms with van der Waals surface area (Å²) in [4.78, 5) is 34.5. The van der Waals surface area contributed by atoms with Crippen LogP contribution >= 0.6 is 11.6 Å². The molecule has 0 fully saturated rings. The minimum absolute atomic E-state index is 0.0524. The molecule has 0 saturated carbocycles. The summed E-state index contributed by atoms with van der Waals surface area (Å²) >= 11 is 5.74. The van der Waals surface area contributed by atoms with E-state index in [0.29, 0.717) is 17.9 Å². The number of benzene rings is 2. The maximum atomic E-state index is 12.3. The fraction of sp³-hybridized carbons (Fsp3) is 0.222. The number of hydrogen-bond donors (Lipinski definition) is 1. The van der Waals surface area contributed by atoms with Gasteiger partial charge in [-0.25, -0.2) is 4.79 Å². The molecule has 8 heteroatoms. The number of rotatable bonds is 7. The molecule has 0 spiro atoms. The van der Waals surface area contributed by atoms with Gasteiger partial charge in [0.15, 0.2) is 0 Å². The average molecular weight is 377 g/mol. The SMILES string of the molecule is CCCCOC(=O)c1cccc(NC(=O)c2ccc(Cl)c([N+](=O)[O-])c2)c1. The second-order valence-electron chi connectivity index (χ2n) is 5.45. The van der Waals surface area contributed by atoms with E-state index in [0.717, 1.165) is 18.9 Å². The fourth-order valence-electron chi connectivity index (χ4n) is 2.11. The number of nitro benzene ring substituents is 1. The molecule has 1 N–H and O–H groups in total. The number of amides is 1. The van der Waals surface area contributed by atoms with Crippen LogP contribution in [0.1, 0.15) is 40.5 Å². The number of hydrogen-bond acceptors (Lipinski definition) is 5. The number of nitrogens with one attached hydrogen (secondary N) is 1. The third kappa shape index (κ3) is 5.03. The molecule has 7 nitrogen and oxygen atoms in total. The van der Waals surface area contributed by atoms with Crippen LogP contribution in [0.3, 0.4) is 0 Å². The molecule has 2 aromatic rings. The minimum Gasteiger partial charge on any atom is -0.462 e. The van der Waals surface area contributed by atoms with Gasteiger partial charge in [-0.3, -0.25) is 14.9 Å². The van der Waals surface area contributed by atoms with Crippen molar-refractivity contribution in [3.8, 4) is 0 Å². The highest BCUT2D eigenvalue weighted by molar-refractivity contribution is 6.32. The summed E-state index contributed by atoms with van der Waals surface area (Å²) in [5.74, 6) is -1.03. The van der Waals surface area contributed by atoms with Gasteiger partial charge in [0.2, 0.25) is 0 Å². The molecule has 2 rings (SSSR count). The van der Waals surface area contributed by atoms with Gasteiger partial charge in [-0.2, -0.15) is 0 Å². The molecule has 0 aliphatic rings. The van der Waals surface area contributed by atoms with E-state index in [2.05, 4.69) is 5.32 Å². The lowest BCUT2D eigenvalue weighted by atomic mass is 10.1. The van der Waals surface area contributed by atoms with Crippen molar-refractivity contribution in [2.75, 3.05) is 11.9 Å². The van der Waals surface area contributed by atoms with Crippen molar-refractivity contribution in [3.63, 3.8) is 0 Å². The molecule has 0 atom stereocenters. The molecule has 0 heterocycles. The third-order valence-corrected chi connectivity index (χ3v) is 3.81. The van der Waals surface area contributed by atoms with Crippen molar-refractivity contribution in [1.29, 1.82) is 0 Å². The van der Waals surface area contributed by atoms with E-state index in [4.69, 9.17) is 16.3 Å². The van der Waals surface area contributed by atoms with E-state index >= 15 is 0 Å². The van der Waals surface area contributed by atoms with Crippen molar-refractivity contribution in [3.05, 3.63) is 68.7 Å². The van der Waals surface area contributed by atoms with E-state index in [-0.39, 0.29) is 16.3 Å². The Morgan fingerprint density at radius 3 is 2.65 bits per heavy atom. The molecule has 26 heavy (non-hydrogen) atoms. The second kappa shape index (κ2) is 8.96. The van der Waals surface area contributed by atoms with E-state index in [9.17, 15) is 19.7 Å². The summed E-state index contributed by atoms with van der Waals surface area (Å²) in [7, 11) is 0. The van der Waals surface area contributed by atoms with E-state index in [1.807, 2.05) is 6.92 Å². The molecule has 0 bridgehead atoms. The number of anilines is 1. The van der Waals surface area contributed by atoms with Gasteiger partial charge in [0.25, 0.3) is 11.6 Å². The molecule has 0 unspecified atom stereocenters. The molecular formula is C18H17ClN2O5. The highest BCUT2D eigenvalue weighted by atomic mass is 35.5. The topological polar surface area (TPSA) is 98.5 Å². The lowest BCUT2D eigenvalue weighted by molar-refractivity contribution is -0.384. The standard InChI is InChI=1S/C18H17ClN2O5/c1-2-3-9-26-18(23)13-5-4-6-14(10-13)20-17(22)12-7-8-15(19)16(11-12)21(24)25/h4-8,10-11H,2-3,9H2,1H3,(H,20,22). The predicted octanol–water partition coefficient (Wildman–Crippen LogP) is 4.46. The first kappa shape index (κ1) is 19.4. The summed E-state index contributed by atoms with van der Waals surface area (Å²) in [6, 6.07) is 10.0. The normalized spacial score (nSPS) is 10.2. The smallest absolute Gasteiger partial charge is 0.338 e. The molecule has 0 radical (unpaired) electrons. The maximum absolute atomic E-state index is 12.3. The molecule has 0 aromatic heterocycles. The number of carbonyl (C=O) groups is 2. The quantitative estimate of drug-likeness (QED) is 0.333. The van der Waals surface area contributed by atoms with Crippen LogP contribution in [0.15, 0.2) is 42.5 Å². The molecule has 136 valence electrons. The zero-order valence-electron chi connectivity index (χ0n) is 14.0. The van der Waals surface area contributed by atoms with Gasteiger partial charge in [0.05, 0.1) is 17.1 Å². The number of esters is 1. The number of unbranched alkanes of at least 4 members (excludes halogenated alkanes) is 1. The van der Waals surface area contributed by atoms with Gasteiger partial charge < -0.3 is 10.1 Å². The van der Waals surface area contributed by atoms with Crippen LogP contribution in [0, 0.1) is 10.1 Å². The fourth-order valence-corrected chi connectivity index (χ4v) is 2.30. The third-order valence-electron chi connectivity index (χ3n) is 3.49. The van der Waals surface area contributed by atoms with Crippen LogP contribution in [0.5, 0.6) is 0 Å². The Balaban J connectivity index is 2.12. The number of nitro groups is 1. The highest BCUT2D eigenvalue weighted by Gasteiger charge is 2.17. The minimum atomic E-state index is -0.661. The predicted molar refractivity (Wildman–Crippen MR) is 97.7 cm³/mol. The van der Waals surface area contributed by atoms with Gasteiger partial charge in [-0.15, -0.1) is 0 Å². The van der Waals surface area contributed by atoms with Crippen molar-refractivity contribution in [1.82, 2.24) is 0 Å². The average Bonchev–Trinajstić information content (AvgIpc) is 2.62. The monoisotopic (exact) mass is 376 g/mol. The summed E-state index contributed by atoms with van der Waals surface area (Å²) < 4.78 is 5.13. The van der Waals surface area contributed by atoms with Crippen LogP contribution in [-0.4, -0.2) is 23.4 Å². The Kier molecular flexibility index (Phi) is 6.68. The molecule has 0 saturated heterocycles. The molecule has 0 aliphatic heterocycles. The van der Waals surface area contributed by atoms with E-state index in [1.165, 1.54) is 18.2 Å². The number of ether oxygens (including phenoxy) is 1. The van der Waals surface area contributed by atoms with Gasteiger partial charge in [-0.05, 0) is 36.8 Å². The van der Waals surface area contributed by atoms with Gasteiger partial charge in [0, 0.05) is 17.3 Å². The van der Waals surface area contributed by atoms with Gasteiger partial charge in [0.1, 0.15) is 5.02 Å². The summed E-state index contributed by atoms with van der Waals surface area (Å²) in [5, 5.41) is 13.5. The highest BCUT2D eigenvalue weighted by Crippen LogP contribution is 2.25. The number of carbonyl (C=O) groups excluding carboxylic acids is 2. The van der Waals surface area contributed by atoms with E-state index in [1.54, 1.807) is 18.2 Å². The first-order valence-corrected chi connectivity index (χ1v) is 8.32. The van der Waals surface area contributed by atoms with Crippen LogP contribution in [0.4, 0.5) is 11.4 Å². The van der Waals surface area contributed by atoms with Crippen molar-refractivity contribution in [2.24, 2.45) is 0 Å². The Morgan fingerprint density at radius 2 is 1.96 bits per heavy atom. The van der Waals surface area contributed by atoms with Crippen molar-refractivity contribution < 1.29 is 19.2 Å². The zero-order chi connectivity index (χ0) is 19.1. The largest absolute Gasteiger partial charge is 0.462 e. The van der Waals surface area contributed by atoms with Crippen LogP contribution < -0.4 is 5.32 Å². The van der Waals surface area contributed by atoms with Gasteiger partial charge in [-0.1, -0.05) is 31.0 Å².